The third-order valence-corrected chi connectivity index (χ3v) is 2.42. The maximum absolute atomic E-state index is 9.74. The average molecular weight is 222 g/mol. The molecule has 0 aliphatic rings. The first-order chi connectivity index (χ1) is 7.75. The zero-order valence-electron chi connectivity index (χ0n) is 8.74. The molecule has 0 aliphatic heterocycles. The predicted molar refractivity (Wildman–Crippen MR) is 56.8 cm³/mol. The smallest absolute Gasteiger partial charge is 0.106 e. The first kappa shape index (κ1) is 11.0. The highest BCUT2D eigenvalue weighted by molar-refractivity contribution is 5.03. The molecule has 2 rings (SSSR count). The molecule has 0 saturated carbocycles. The van der Waals surface area contributed by atoms with Crippen molar-refractivity contribution in [2.75, 3.05) is 0 Å². The minimum atomic E-state index is -0.851. The third kappa shape index (κ3) is 2.74. The number of hydrogen-bond acceptors (Lipinski definition) is 4. The molecule has 2 N–H and O–H groups in total. The topological polar surface area (TPSA) is 66.7 Å². The maximum Gasteiger partial charge on any atom is 0.106 e. The molecule has 0 bridgehead atoms. The zero-order chi connectivity index (χ0) is 11.4. The molecule has 0 radical (unpaired) electrons. The Morgan fingerprint density at radius 2 is 1.31 bits per heavy atom. The fourth-order valence-electron chi connectivity index (χ4n) is 1.54. The molecule has 2 atom stereocenters. The van der Waals surface area contributed by atoms with E-state index in [1.807, 2.05) is 0 Å². The molecule has 0 saturated heterocycles. The molecule has 2 aromatic rings. The Hall–Kier alpha value is -1.52. The molecule has 2 aromatic heterocycles. The quantitative estimate of drug-likeness (QED) is 0.802. The lowest BCUT2D eigenvalue weighted by Crippen LogP contribution is -2.29. The normalized spacial score (nSPS) is 14.9. The van der Waals surface area contributed by atoms with Crippen molar-refractivity contribution >= 4 is 0 Å². The lowest BCUT2D eigenvalue weighted by Gasteiger charge is -2.15. The van der Waals surface area contributed by atoms with Crippen LogP contribution in [0.4, 0.5) is 0 Å². The van der Waals surface area contributed by atoms with Gasteiger partial charge in [-0.2, -0.15) is 0 Å². The molecule has 4 heteroatoms. The van der Waals surface area contributed by atoms with E-state index in [9.17, 15) is 10.2 Å². The highest BCUT2D eigenvalue weighted by Crippen LogP contribution is 2.11. The molecule has 0 aliphatic carbocycles. The second kappa shape index (κ2) is 5.01. The van der Waals surface area contributed by atoms with Gasteiger partial charge >= 0.3 is 0 Å². The largest absolute Gasteiger partial charge is 0.469 e. The highest BCUT2D eigenvalue weighted by atomic mass is 16.3. The average Bonchev–Trinajstić information content (AvgIpc) is 2.90. The first-order valence-corrected chi connectivity index (χ1v) is 5.16. The second-order valence-electron chi connectivity index (χ2n) is 3.70. The summed E-state index contributed by atoms with van der Waals surface area (Å²) in [6.07, 6.45) is 1.98. The summed E-state index contributed by atoms with van der Waals surface area (Å²) in [6.45, 7) is 0. The van der Waals surface area contributed by atoms with Gasteiger partial charge in [-0.25, -0.2) is 0 Å². The van der Waals surface area contributed by atoms with Gasteiger partial charge in [0.05, 0.1) is 24.7 Å². The van der Waals surface area contributed by atoms with Gasteiger partial charge < -0.3 is 19.0 Å². The Kier molecular flexibility index (Phi) is 3.44. The summed E-state index contributed by atoms with van der Waals surface area (Å²) >= 11 is 0. The van der Waals surface area contributed by atoms with E-state index in [4.69, 9.17) is 8.83 Å². The van der Waals surface area contributed by atoms with E-state index < -0.39 is 12.2 Å². The van der Waals surface area contributed by atoms with Gasteiger partial charge in [0.2, 0.25) is 0 Å². The van der Waals surface area contributed by atoms with Crippen LogP contribution < -0.4 is 0 Å². The maximum atomic E-state index is 9.74. The summed E-state index contributed by atoms with van der Waals surface area (Å²) < 4.78 is 10.2. The lowest BCUT2D eigenvalue weighted by atomic mass is 10.1. The van der Waals surface area contributed by atoms with E-state index in [0.29, 0.717) is 24.4 Å². The van der Waals surface area contributed by atoms with E-state index in [1.165, 1.54) is 0 Å². The lowest BCUT2D eigenvalue weighted by molar-refractivity contribution is 0.0150. The van der Waals surface area contributed by atoms with Gasteiger partial charge in [0.25, 0.3) is 0 Å². The van der Waals surface area contributed by atoms with Gasteiger partial charge in [-0.15, -0.1) is 0 Å². The van der Waals surface area contributed by atoms with Gasteiger partial charge in [-0.3, -0.25) is 0 Å². The van der Waals surface area contributed by atoms with Crippen molar-refractivity contribution in [2.24, 2.45) is 0 Å². The third-order valence-electron chi connectivity index (χ3n) is 2.42. The Balaban J connectivity index is 1.87. The van der Waals surface area contributed by atoms with E-state index in [0.717, 1.165) is 0 Å². The minimum Gasteiger partial charge on any atom is -0.469 e. The van der Waals surface area contributed by atoms with Crippen molar-refractivity contribution in [3.8, 4) is 0 Å². The van der Waals surface area contributed by atoms with Crippen LogP contribution in [-0.4, -0.2) is 22.4 Å². The predicted octanol–water partition coefficient (Wildman–Crippen LogP) is 1.38. The fourth-order valence-corrected chi connectivity index (χ4v) is 1.54. The fraction of sp³-hybridized carbons (Fsp3) is 0.333. The summed E-state index contributed by atoms with van der Waals surface area (Å²) in [5.74, 6) is 1.32. The molecule has 0 unspecified atom stereocenters. The van der Waals surface area contributed by atoms with Gasteiger partial charge in [-0.05, 0) is 24.3 Å². The Morgan fingerprint density at radius 1 is 0.875 bits per heavy atom. The standard InChI is InChI=1S/C12H14O4/c13-11(7-9-3-1-5-15-9)12(14)8-10-4-2-6-16-10/h1-6,11-14H,7-8H2/t11-,12-/m1/s1. The molecular weight excluding hydrogens is 208 g/mol. The van der Waals surface area contributed by atoms with Crippen molar-refractivity contribution in [2.45, 2.75) is 25.0 Å². The Labute approximate surface area is 93.1 Å². The molecule has 16 heavy (non-hydrogen) atoms. The molecular formula is C12H14O4. The van der Waals surface area contributed by atoms with Crippen LogP contribution in [0.15, 0.2) is 45.6 Å². The molecule has 0 fully saturated rings. The van der Waals surface area contributed by atoms with E-state index in [2.05, 4.69) is 0 Å². The molecule has 0 spiro atoms. The number of rotatable bonds is 5. The number of aliphatic hydroxyl groups is 2. The van der Waals surface area contributed by atoms with E-state index in [-0.39, 0.29) is 0 Å². The van der Waals surface area contributed by atoms with Crippen LogP contribution in [0.3, 0.4) is 0 Å². The van der Waals surface area contributed by atoms with E-state index in [1.54, 1.807) is 36.8 Å². The minimum absolute atomic E-state index is 0.300. The van der Waals surface area contributed by atoms with Crippen molar-refractivity contribution in [3.05, 3.63) is 48.3 Å². The van der Waals surface area contributed by atoms with Gasteiger partial charge in [-0.1, -0.05) is 0 Å². The molecule has 4 nitrogen and oxygen atoms in total. The number of furan rings is 2. The molecule has 0 aromatic carbocycles. The zero-order valence-corrected chi connectivity index (χ0v) is 8.74. The Bertz CT molecular complexity index is 350. The monoisotopic (exact) mass is 222 g/mol. The summed E-state index contributed by atoms with van der Waals surface area (Å²) in [5, 5.41) is 19.5. The Morgan fingerprint density at radius 3 is 1.62 bits per heavy atom. The summed E-state index contributed by atoms with van der Waals surface area (Å²) in [6, 6.07) is 7.04. The number of aliphatic hydroxyl groups excluding tert-OH is 2. The van der Waals surface area contributed by atoms with Crippen LogP contribution in [0.25, 0.3) is 0 Å². The van der Waals surface area contributed by atoms with Crippen LogP contribution in [0.2, 0.25) is 0 Å². The van der Waals surface area contributed by atoms with Crippen LogP contribution in [0.5, 0.6) is 0 Å². The SMILES string of the molecule is O[C@H](Cc1ccco1)[C@H](O)Cc1ccco1. The molecule has 2 heterocycles. The number of hydrogen-bond donors (Lipinski definition) is 2. The van der Waals surface area contributed by atoms with Gasteiger partial charge in [0.15, 0.2) is 0 Å². The second-order valence-corrected chi connectivity index (χ2v) is 3.70. The van der Waals surface area contributed by atoms with Crippen LogP contribution in [0.1, 0.15) is 11.5 Å². The molecule has 0 amide bonds. The van der Waals surface area contributed by atoms with Crippen LogP contribution in [-0.2, 0) is 12.8 Å². The van der Waals surface area contributed by atoms with Gasteiger partial charge in [0, 0.05) is 12.8 Å². The highest BCUT2D eigenvalue weighted by Gasteiger charge is 2.19. The van der Waals surface area contributed by atoms with Crippen LogP contribution >= 0.6 is 0 Å². The van der Waals surface area contributed by atoms with Crippen molar-refractivity contribution in [3.63, 3.8) is 0 Å². The van der Waals surface area contributed by atoms with E-state index >= 15 is 0 Å². The first-order valence-electron chi connectivity index (χ1n) is 5.16. The van der Waals surface area contributed by atoms with Crippen molar-refractivity contribution in [1.29, 1.82) is 0 Å². The molecule has 86 valence electrons. The summed E-state index contributed by atoms with van der Waals surface area (Å²) in [4.78, 5) is 0. The van der Waals surface area contributed by atoms with Gasteiger partial charge in [0.1, 0.15) is 11.5 Å². The van der Waals surface area contributed by atoms with Crippen LogP contribution in [0, 0.1) is 0 Å². The summed E-state index contributed by atoms with van der Waals surface area (Å²) in [7, 11) is 0. The summed E-state index contributed by atoms with van der Waals surface area (Å²) in [5.41, 5.74) is 0. The van der Waals surface area contributed by atoms with Crippen molar-refractivity contribution in [1.82, 2.24) is 0 Å². The van der Waals surface area contributed by atoms with Crippen molar-refractivity contribution < 1.29 is 19.0 Å².